The molecule has 0 saturated heterocycles. The summed E-state index contributed by atoms with van der Waals surface area (Å²) in [5.74, 6) is -3.62. The van der Waals surface area contributed by atoms with Gasteiger partial charge in [-0.15, -0.1) is 11.8 Å². The number of hydrogen-bond acceptors (Lipinski definition) is 8. The molecular weight excluding hydrogens is 523 g/mol. The number of amides is 1. The van der Waals surface area contributed by atoms with Crippen LogP contribution in [-0.2, 0) is 23.8 Å². The average molecular weight is 567 g/mol. The number of carbonyl (C=O) groups is 3. The Morgan fingerprint density at radius 1 is 0.974 bits per heavy atom. The number of rotatable bonds is 6. The number of benzene rings is 1. The Morgan fingerprint density at radius 3 is 2.05 bits per heavy atom. The van der Waals surface area contributed by atoms with Crippen molar-refractivity contribution in [3.63, 3.8) is 0 Å². The van der Waals surface area contributed by atoms with Gasteiger partial charge in [-0.05, 0) is 92.9 Å². The Morgan fingerprint density at radius 2 is 1.54 bits per heavy atom. The molecule has 1 amide bonds. The van der Waals surface area contributed by atoms with Gasteiger partial charge in [-0.1, -0.05) is 6.07 Å². The number of nitrogens with one attached hydrogen (secondary N) is 1. The fraction of sp³-hybridized carbons (Fsp3) is 0.690. The van der Waals surface area contributed by atoms with Gasteiger partial charge in [0.2, 0.25) is 0 Å². The van der Waals surface area contributed by atoms with Gasteiger partial charge in [0.25, 0.3) is 0 Å². The molecule has 6 unspecified atom stereocenters. The van der Waals surface area contributed by atoms with Gasteiger partial charge in [-0.2, -0.15) is 0 Å². The maximum atomic E-state index is 14.3. The topological polar surface area (TPSA) is 117 Å². The smallest absolute Gasteiger partial charge is 0.408 e. The zero-order valence-corrected chi connectivity index (χ0v) is 25.5. The number of carbonyl (C=O) groups excluding carboxylic acids is 3. The summed E-state index contributed by atoms with van der Waals surface area (Å²) in [4.78, 5) is 41.2. The van der Waals surface area contributed by atoms with E-state index in [1.54, 1.807) is 81.4 Å². The van der Waals surface area contributed by atoms with Gasteiger partial charge in [0.1, 0.15) is 28.2 Å². The van der Waals surface area contributed by atoms with Gasteiger partial charge in [0.05, 0.1) is 5.92 Å². The number of ether oxygens (including phenoxy) is 3. The number of thioether (sulfide) groups is 1. The molecule has 0 heterocycles. The van der Waals surface area contributed by atoms with Crippen LogP contribution < -0.4 is 11.1 Å². The van der Waals surface area contributed by atoms with E-state index < -0.39 is 70.1 Å². The summed E-state index contributed by atoms with van der Waals surface area (Å²) >= 11 is 1.33. The first-order valence-electron chi connectivity index (χ1n) is 13.3. The molecule has 0 aromatic heterocycles. The summed E-state index contributed by atoms with van der Waals surface area (Å²) in [6, 6.07) is 4.27. The minimum absolute atomic E-state index is 0.271. The van der Waals surface area contributed by atoms with E-state index in [0.717, 1.165) is 0 Å². The molecular formula is C29H43FN2O6S. The van der Waals surface area contributed by atoms with Crippen LogP contribution in [0.25, 0.3) is 0 Å². The van der Waals surface area contributed by atoms with E-state index in [-0.39, 0.29) is 11.6 Å². The Hall–Kier alpha value is -2.33. The van der Waals surface area contributed by atoms with E-state index in [1.165, 1.54) is 17.8 Å². The number of esters is 2. The van der Waals surface area contributed by atoms with Crippen molar-refractivity contribution >= 4 is 29.8 Å². The van der Waals surface area contributed by atoms with Crippen LogP contribution in [0.4, 0.5) is 9.18 Å². The monoisotopic (exact) mass is 566 g/mol. The number of hydrogen-bond donors (Lipinski definition) is 2. The fourth-order valence-corrected chi connectivity index (χ4v) is 6.54. The zero-order chi connectivity index (χ0) is 29.7. The molecule has 39 heavy (non-hydrogen) atoms. The summed E-state index contributed by atoms with van der Waals surface area (Å²) in [5.41, 5.74) is 3.17. The lowest BCUT2D eigenvalue weighted by Crippen LogP contribution is -2.65. The molecule has 10 heteroatoms. The normalized spacial score (nSPS) is 28.4. The van der Waals surface area contributed by atoms with E-state index in [9.17, 15) is 18.8 Å². The molecule has 2 saturated carbocycles. The second-order valence-electron chi connectivity index (χ2n) is 13.6. The summed E-state index contributed by atoms with van der Waals surface area (Å²) in [7, 11) is 0. The highest BCUT2D eigenvalue weighted by molar-refractivity contribution is 7.99. The van der Waals surface area contributed by atoms with Gasteiger partial charge in [0.15, 0.2) is 0 Å². The largest absolute Gasteiger partial charge is 0.460 e. The lowest BCUT2D eigenvalue weighted by atomic mass is 9.79. The van der Waals surface area contributed by atoms with Crippen LogP contribution in [0, 0.1) is 36.4 Å². The van der Waals surface area contributed by atoms with E-state index in [2.05, 4.69) is 5.32 Å². The van der Waals surface area contributed by atoms with Crippen molar-refractivity contribution in [2.24, 2.45) is 29.4 Å². The van der Waals surface area contributed by atoms with Crippen LogP contribution in [0.3, 0.4) is 0 Å². The van der Waals surface area contributed by atoms with E-state index >= 15 is 0 Å². The lowest BCUT2D eigenvalue weighted by molar-refractivity contribution is -0.167. The summed E-state index contributed by atoms with van der Waals surface area (Å²) in [5, 5.41) is 2.84. The molecule has 0 radical (unpaired) electrons. The second-order valence-corrected chi connectivity index (χ2v) is 14.7. The van der Waals surface area contributed by atoms with Gasteiger partial charge < -0.3 is 25.3 Å². The van der Waals surface area contributed by atoms with Gasteiger partial charge in [-0.25, -0.2) is 14.0 Å². The van der Waals surface area contributed by atoms with Crippen molar-refractivity contribution in [2.75, 3.05) is 5.75 Å². The number of fused-ring (bicyclic) bond motifs is 1. The van der Waals surface area contributed by atoms with Crippen molar-refractivity contribution in [2.45, 2.75) is 103 Å². The average Bonchev–Trinajstić information content (AvgIpc) is 3.42. The van der Waals surface area contributed by atoms with Crippen LogP contribution in [-0.4, -0.2) is 52.2 Å². The number of alkyl carbamates (subject to hydrolysis) is 1. The standard InChI is InChI=1S/C29H43FN2O6S/c1-15-11-12-16(13-18(15)30)39-14-17-22(31)19-20(23(33)36-26(2,3)4)21(19)29(17,24(34)37-27(5,6)7)32-25(35)38-28(8,9)10/h11-13,17,19-22H,14,31H2,1-10H3,(H,32,35). The van der Waals surface area contributed by atoms with Crippen molar-refractivity contribution in [3.8, 4) is 0 Å². The van der Waals surface area contributed by atoms with Gasteiger partial charge >= 0.3 is 18.0 Å². The Labute approximate surface area is 235 Å². The highest BCUT2D eigenvalue weighted by Gasteiger charge is 2.79. The minimum Gasteiger partial charge on any atom is -0.460 e. The number of aryl methyl sites for hydroxylation is 1. The van der Waals surface area contributed by atoms with Crippen LogP contribution in [0.2, 0.25) is 0 Å². The second kappa shape index (κ2) is 10.6. The fourth-order valence-electron chi connectivity index (χ4n) is 5.33. The summed E-state index contributed by atoms with van der Waals surface area (Å²) in [6.45, 7) is 17.3. The molecule has 0 bridgehead atoms. The van der Waals surface area contributed by atoms with E-state index in [0.29, 0.717) is 10.5 Å². The van der Waals surface area contributed by atoms with Crippen molar-refractivity contribution in [1.29, 1.82) is 0 Å². The SMILES string of the molecule is Cc1ccc(SCC2C(N)C3C(C(=O)OC(C)(C)C)C3C2(NC(=O)OC(C)(C)C)C(=O)OC(C)(C)C)cc1F. The molecule has 1 aromatic carbocycles. The predicted octanol–water partition coefficient (Wildman–Crippen LogP) is 4.99. The highest BCUT2D eigenvalue weighted by Crippen LogP contribution is 2.65. The maximum Gasteiger partial charge on any atom is 0.408 e. The molecule has 2 fully saturated rings. The van der Waals surface area contributed by atoms with Crippen LogP contribution in [0.1, 0.15) is 67.9 Å². The highest BCUT2D eigenvalue weighted by atomic mass is 32.2. The first kappa shape index (κ1) is 31.2. The first-order valence-corrected chi connectivity index (χ1v) is 14.3. The van der Waals surface area contributed by atoms with Gasteiger partial charge in [-0.3, -0.25) is 4.79 Å². The van der Waals surface area contributed by atoms with E-state index in [4.69, 9.17) is 19.9 Å². The third kappa shape index (κ3) is 7.06. The minimum atomic E-state index is -1.66. The molecule has 3 rings (SSSR count). The number of nitrogens with two attached hydrogens (primary N) is 1. The van der Waals surface area contributed by atoms with Crippen LogP contribution >= 0.6 is 11.8 Å². The van der Waals surface area contributed by atoms with Gasteiger partial charge in [0, 0.05) is 28.5 Å². The molecule has 2 aliphatic rings. The van der Waals surface area contributed by atoms with E-state index in [1.807, 2.05) is 0 Å². The molecule has 0 aliphatic heterocycles. The van der Waals surface area contributed by atoms with Crippen LogP contribution in [0.5, 0.6) is 0 Å². The lowest BCUT2D eigenvalue weighted by Gasteiger charge is -2.40. The molecule has 8 nitrogen and oxygen atoms in total. The van der Waals surface area contributed by atoms with Crippen LogP contribution in [0.15, 0.2) is 23.1 Å². The molecule has 0 spiro atoms. The third-order valence-electron chi connectivity index (χ3n) is 6.79. The predicted molar refractivity (Wildman–Crippen MR) is 148 cm³/mol. The number of halogens is 1. The summed E-state index contributed by atoms with van der Waals surface area (Å²) < 4.78 is 31.3. The quantitative estimate of drug-likeness (QED) is 0.281. The molecule has 218 valence electrons. The van der Waals surface area contributed by atoms with Crippen molar-refractivity contribution < 1.29 is 33.0 Å². The molecule has 3 N–H and O–H groups in total. The Balaban J connectivity index is 2.05. The Bertz CT molecular complexity index is 1120. The third-order valence-corrected chi connectivity index (χ3v) is 7.90. The van der Waals surface area contributed by atoms with Crippen molar-refractivity contribution in [1.82, 2.24) is 5.32 Å². The molecule has 1 aromatic rings. The maximum absolute atomic E-state index is 14.3. The summed E-state index contributed by atoms with van der Waals surface area (Å²) in [6.07, 6.45) is -0.813. The molecule has 6 atom stereocenters. The zero-order valence-electron chi connectivity index (χ0n) is 24.6. The first-order chi connectivity index (χ1) is 17.7. The molecule has 2 aliphatic carbocycles. The Kier molecular flexibility index (Phi) is 8.46. The van der Waals surface area contributed by atoms with Crippen molar-refractivity contribution in [3.05, 3.63) is 29.6 Å².